The Kier molecular flexibility index (Phi) is 5.63. The van der Waals surface area contributed by atoms with E-state index in [9.17, 15) is 10.1 Å². The van der Waals surface area contributed by atoms with Crippen LogP contribution in [0, 0.1) is 10.1 Å². The van der Waals surface area contributed by atoms with Gasteiger partial charge in [0.25, 0.3) is 5.69 Å². The average molecular weight is 457 g/mol. The first kappa shape index (κ1) is 21.5. The van der Waals surface area contributed by atoms with Gasteiger partial charge < -0.3 is 14.2 Å². The second-order valence-electron chi connectivity index (χ2n) is 7.97. The van der Waals surface area contributed by atoms with Gasteiger partial charge in [0.1, 0.15) is 12.4 Å². The third-order valence-electron chi connectivity index (χ3n) is 5.92. The van der Waals surface area contributed by atoms with Crippen molar-refractivity contribution in [3.63, 3.8) is 0 Å². The molecule has 0 bridgehead atoms. The first-order valence-corrected chi connectivity index (χ1v) is 10.9. The summed E-state index contributed by atoms with van der Waals surface area (Å²) in [6.45, 7) is 4.11. The van der Waals surface area contributed by atoms with E-state index in [1.54, 1.807) is 19.3 Å². The SMILES string of the molecule is C=CCOc1ccc(C2=NN3[C@H](C2)c2cccc(OC)c2O[C@H]3c2cccc([N+](=O)[O-])c2)cc1. The Hall–Kier alpha value is -4.33. The number of benzene rings is 3. The summed E-state index contributed by atoms with van der Waals surface area (Å²) in [6, 6.07) is 19.9. The number of non-ortho nitro benzene ring substituents is 1. The number of nitro benzene ring substituents is 1. The summed E-state index contributed by atoms with van der Waals surface area (Å²) < 4.78 is 17.5. The molecule has 0 saturated carbocycles. The van der Waals surface area contributed by atoms with Crippen LogP contribution in [-0.4, -0.2) is 29.4 Å². The van der Waals surface area contributed by atoms with Gasteiger partial charge in [0.05, 0.1) is 23.8 Å². The second-order valence-corrected chi connectivity index (χ2v) is 7.97. The number of para-hydroxylation sites is 1. The highest BCUT2D eigenvalue weighted by Crippen LogP contribution is 2.50. The molecule has 0 aliphatic carbocycles. The summed E-state index contributed by atoms with van der Waals surface area (Å²) in [6.07, 6.45) is 1.72. The highest BCUT2D eigenvalue weighted by atomic mass is 16.6. The molecule has 5 rings (SSSR count). The van der Waals surface area contributed by atoms with E-state index in [-0.39, 0.29) is 11.7 Å². The lowest BCUT2D eigenvalue weighted by atomic mass is 9.95. The fourth-order valence-corrected chi connectivity index (χ4v) is 4.33. The lowest BCUT2D eigenvalue weighted by Crippen LogP contribution is -2.33. The average Bonchev–Trinajstić information content (AvgIpc) is 3.32. The van der Waals surface area contributed by atoms with Gasteiger partial charge in [-0.05, 0) is 35.9 Å². The molecule has 0 saturated heterocycles. The van der Waals surface area contributed by atoms with Crippen molar-refractivity contribution >= 4 is 11.4 Å². The van der Waals surface area contributed by atoms with E-state index < -0.39 is 11.2 Å². The molecule has 172 valence electrons. The molecule has 0 spiro atoms. The number of nitro groups is 1. The monoisotopic (exact) mass is 457 g/mol. The third kappa shape index (κ3) is 3.83. The first-order valence-electron chi connectivity index (χ1n) is 10.9. The van der Waals surface area contributed by atoms with E-state index in [4.69, 9.17) is 19.3 Å². The second kappa shape index (κ2) is 8.90. The molecule has 8 heteroatoms. The van der Waals surface area contributed by atoms with Crippen molar-refractivity contribution in [2.45, 2.75) is 18.7 Å². The van der Waals surface area contributed by atoms with Crippen molar-refractivity contribution in [3.05, 3.63) is 106 Å². The lowest BCUT2D eigenvalue weighted by molar-refractivity contribution is -0.385. The standard InChI is InChI=1S/C26H23N3O5/c1-3-14-33-20-12-10-17(11-13-20)22-16-23-21-8-5-9-24(32-2)25(21)34-26(28(23)27-22)18-6-4-7-19(15-18)29(30)31/h3-13,15,23,26H,1,14,16H2,2H3/t23-,26+/m1/s1. The minimum atomic E-state index is -0.638. The topological polar surface area (TPSA) is 86.4 Å². The fraction of sp³-hybridized carbons (Fsp3) is 0.192. The molecule has 3 aromatic carbocycles. The largest absolute Gasteiger partial charge is 0.493 e. The molecular weight excluding hydrogens is 434 g/mol. The van der Waals surface area contributed by atoms with Gasteiger partial charge in [-0.15, -0.1) is 0 Å². The molecule has 0 aromatic heterocycles. The number of hydrogen-bond donors (Lipinski definition) is 0. The van der Waals surface area contributed by atoms with Crippen LogP contribution in [-0.2, 0) is 0 Å². The minimum absolute atomic E-state index is 0.00184. The summed E-state index contributed by atoms with van der Waals surface area (Å²) in [5, 5.41) is 18.2. The van der Waals surface area contributed by atoms with Crippen molar-refractivity contribution in [2.24, 2.45) is 5.10 Å². The van der Waals surface area contributed by atoms with E-state index >= 15 is 0 Å². The summed E-state index contributed by atoms with van der Waals surface area (Å²) in [7, 11) is 1.60. The van der Waals surface area contributed by atoms with Crippen LogP contribution in [0.2, 0.25) is 0 Å². The van der Waals surface area contributed by atoms with Crippen LogP contribution >= 0.6 is 0 Å². The molecule has 0 amide bonds. The zero-order valence-corrected chi connectivity index (χ0v) is 18.6. The molecule has 34 heavy (non-hydrogen) atoms. The molecule has 2 aliphatic heterocycles. The highest BCUT2D eigenvalue weighted by Gasteiger charge is 2.42. The zero-order chi connectivity index (χ0) is 23.7. The van der Waals surface area contributed by atoms with Gasteiger partial charge in [0.2, 0.25) is 6.23 Å². The van der Waals surface area contributed by atoms with Gasteiger partial charge in [-0.3, -0.25) is 10.1 Å². The molecule has 0 unspecified atom stereocenters. The van der Waals surface area contributed by atoms with Gasteiger partial charge in [-0.25, -0.2) is 5.01 Å². The van der Waals surface area contributed by atoms with E-state index in [0.29, 0.717) is 30.1 Å². The third-order valence-corrected chi connectivity index (χ3v) is 5.92. The van der Waals surface area contributed by atoms with Crippen molar-refractivity contribution < 1.29 is 19.1 Å². The number of fused-ring (bicyclic) bond motifs is 3. The van der Waals surface area contributed by atoms with Crippen LogP contribution in [0.4, 0.5) is 5.69 Å². The van der Waals surface area contributed by atoms with Gasteiger partial charge in [-0.2, -0.15) is 5.10 Å². The van der Waals surface area contributed by atoms with Crippen LogP contribution in [0.5, 0.6) is 17.2 Å². The Morgan fingerprint density at radius 2 is 2.00 bits per heavy atom. The maximum atomic E-state index is 11.4. The van der Waals surface area contributed by atoms with Crippen molar-refractivity contribution in [1.82, 2.24) is 5.01 Å². The number of hydrazone groups is 1. The van der Waals surface area contributed by atoms with Crippen molar-refractivity contribution in [3.8, 4) is 17.2 Å². The molecule has 8 nitrogen and oxygen atoms in total. The molecule has 0 N–H and O–H groups in total. The number of ether oxygens (including phenoxy) is 3. The van der Waals surface area contributed by atoms with Crippen LogP contribution in [0.1, 0.15) is 35.4 Å². The van der Waals surface area contributed by atoms with Crippen LogP contribution in [0.25, 0.3) is 0 Å². The molecule has 0 fully saturated rings. The summed E-state index contributed by atoms with van der Waals surface area (Å²) in [5.74, 6) is 2.00. The van der Waals surface area contributed by atoms with Crippen LogP contribution in [0.15, 0.2) is 84.5 Å². The summed E-state index contributed by atoms with van der Waals surface area (Å²) in [5.41, 5.74) is 3.49. The van der Waals surface area contributed by atoms with Crippen molar-refractivity contribution in [2.75, 3.05) is 13.7 Å². The maximum Gasteiger partial charge on any atom is 0.269 e. The van der Waals surface area contributed by atoms with E-state index in [2.05, 4.69) is 6.58 Å². The van der Waals surface area contributed by atoms with Crippen LogP contribution in [0.3, 0.4) is 0 Å². The van der Waals surface area contributed by atoms with Crippen LogP contribution < -0.4 is 14.2 Å². The Morgan fingerprint density at radius 3 is 2.74 bits per heavy atom. The number of rotatable bonds is 7. The molecule has 2 heterocycles. The highest BCUT2D eigenvalue weighted by molar-refractivity contribution is 6.02. The normalized spacial score (nSPS) is 18.3. The Labute approximate surface area is 196 Å². The molecule has 2 atom stereocenters. The number of nitrogens with zero attached hydrogens (tertiary/aromatic N) is 3. The van der Waals surface area contributed by atoms with Gasteiger partial charge in [0.15, 0.2) is 11.5 Å². The Balaban J connectivity index is 1.55. The van der Waals surface area contributed by atoms with E-state index in [1.165, 1.54) is 12.1 Å². The predicted octanol–water partition coefficient (Wildman–Crippen LogP) is 5.41. The summed E-state index contributed by atoms with van der Waals surface area (Å²) >= 11 is 0. The molecular formula is C26H23N3O5. The lowest BCUT2D eigenvalue weighted by Gasteiger charge is -2.38. The summed E-state index contributed by atoms with van der Waals surface area (Å²) in [4.78, 5) is 11.0. The Bertz CT molecular complexity index is 1270. The van der Waals surface area contributed by atoms with E-state index in [1.807, 2.05) is 53.5 Å². The smallest absolute Gasteiger partial charge is 0.269 e. The zero-order valence-electron chi connectivity index (χ0n) is 18.6. The predicted molar refractivity (Wildman–Crippen MR) is 127 cm³/mol. The van der Waals surface area contributed by atoms with Gasteiger partial charge >= 0.3 is 0 Å². The fourth-order valence-electron chi connectivity index (χ4n) is 4.33. The van der Waals surface area contributed by atoms with Gasteiger partial charge in [0, 0.05) is 29.7 Å². The molecule has 3 aromatic rings. The number of methoxy groups -OCH3 is 1. The first-order chi connectivity index (χ1) is 16.6. The minimum Gasteiger partial charge on any atom is -0.493 e. The van der Waals surface area contributed by atoms with Gasteiger partial charge in [-0.1, -0.05) is 36.9 Å². The molecule has 2 aliphatic rings. The van der Waals surface area contributed by atoms with Crippen molar-refractivity contribution in [1.29, 1.82) is 0 Å². The maximum absolute atomic E-state index is 11.4. The Morgan fingerprint density at radius 1 is 1.21 bits per heavy atom. The number of hydrogen-bond acceptors (Lipinski definition) is 7. The molecule has 0 radical (unpaired) electrons. The quantitative estimate of drug-likeness (QED) is 0.268. The van der Waals surface area contributed by atoms with E-state index in [0.717, 1.165) is 22.6 Å².